The molecule has 3 aromatic carbocycles. The van der Waals surface area contributed by atoms with Crippen LogP contribution < -0.4 is 4.74 Å². The minimum Gasteiger partial charge on any atom is -0.484 e. The highest BCUT2D eigenvalue weighted by Gasteiger charge is 2.29. The van der Waals surface area contributed by atoms with Crippen LogP contribution in [-0.2, 0) is 14.8 Å². The van der Waals surface area contributed by atoms with Gasteiger partial charge in [0.15, 0.2) is 6.61 Å². The third kappa shape index (κ3) is 6.09. The molecule has 0 saturated carbocycles. The fourth-order valence-corrected chi connectivity index (χ4v) is 6.83. The quantitative estimate of drug-likeness (QED) is 0.435. The van der Waals surface area contributed by atoms with Gasteiger partial charge in [-0.05, 0) is 48.2 Å². The van der Waals surface area contributed by atoms with Gasteiger partial charge in [0.2, 0.25) is 10.0 Å². The number of rotatable bonds is 8. The van der Waals surface area contributed by atoms with E-state index in [-0.39, 0.29) is 23.5 Å². The fraction of sp³-hybridized carbons (Fsp3) is 0.367. The van der Waals surface area contributed by atoms with E-state index < -0.39 is 10.0 Å². The number of piperidine rings is 1. The lowest BCUT2D eigenvalue weighted by Crippen LogP contribution is -2.51. The van der Waals surface area contributed by atoms with E-state index in [1.807, 2.05) is 17.0 Å². The molecule has 0 unspecified atom stereocenters. The van der Waals surface area contributed by atoms with E-state index in [1.54, 1.807) is 28.6 Å². The fourth-order valence-electron chi connectivity index (χ4n) is 5.31. The highest BCUT2D eigenvalue weighted by atomic mass is 32.2. The zero-order valence-electron chi connectivity index (χ0n) is 21.6. The Kier molecular flexibility index (Phi) is 8.42. The van der Waals surface area contributed by atoms with Gasteiger partial charge in [0.1, 0.15) is 5.75 Å². The summed E-state index contributed by atoms with van der Waals surface area (Å²) in [5.74, 6) is 0.424. The van der Waals surface area contributed by atoms with Crippen molar-refractivity contribution in [2.45, 2.75) is 30.2 Å². The molecular weight excluding hydrogens is 498 g/mol. The zero-order valence-corrected chi connectivity index (χ0v) is 22.4. The average molecular weight is 534 g/mol. The topological polar surface area (TPSA) is 70.2 Å². The number of hydrogen-bond donors (Lipinski definition) is 0. The molecule has 200 valence electrons. The first-order valence-electron chi connectivity index (χ1n) is 13.4. The van der Waals surface area contributed by atoms with Gasteiger partial charge in [0.05, 0.1) is 10.9 Å². The number of nitrogens with zero attached hydrogens (tertiary/aromatic N) is 3. The van der Waals surface area contributed by atoms with Crippen LogP contribution in [0.1, 0.15) is 36.4 Å². The second-order valence-electron chi connectivity index (χ2n) is 9.87. The maximum absolute atomic E-state index is 12.9. The molecule has 5 rings (SSSR count). The molecule has 2 aliphatic rings. The maximum Gasteiger partial charge on any atom is 0.260 e. The molecule has 2 aliphatic heterocycles. The average Bonchev–Trinajstić information content (AvgIpc) is 2.98. The lowest BCUT2D eigenvalue weighted by atomic mass is 9.96. The van der Waals surface area contributed by atoms with Gasteiger partial charge in [0, 0.05) is 39.3 Å². The smallest absolute Gasteiger partial charge is 0.260 e. The van der Waals surface area contributed by atoms with Crippen molar-refractivity contribution in [3.63, 3.8) is 0 Å². The number of carbonyl (C=O) groups excluding carboxylic acids is 1. The van der Waals surface area contributed by atoms with Crippen molar-refractivity contribution in [2.24, 2.45) is 0 Å². The molecular formula is C30H35N3O4S. The first kappa shape index (κ1) is 26.4. The molecule has 0 spiro atoms. The van der Waals surface area contributed by atoms with E-state index in [1.165, 1.54) is 11.1 Å². The lowest BCUT2D eigenvalue weighted by Gasteiger charge is -2.39. The minimum atomic E-state index is -3.48. The number of carbonyl (C=O) groups is 1. The molecule has 0 radical (unpaired) electrons. The minimum absolute atomic E-state index is 0.0642. The number of hydrogen-bond acceptors (Lipinski definition) is 5. The first-order valence-corrected chi connectivity index (χ1v) is 14.8. The Morgan fingerprint density at radius 2 is 1.26 bits per heavy atom. The van der Waals surface area contributed by atoms with E-state index >= 15 is 0 Å². The molecule has 2 saturated heterocycles. The molecule has 0 aliphatic carbocycles. The van der Waals surface area contributed by atoms with Crippen molar-refractivity contribution < 1.29 is 17.9 Å². The van der Waals surface area contributed by atoms with E-state index in [9.17, 15) is 13.2 Å². The van der Waals surface area contributed by atoms with Gasteiger partial charge < -0.3 is 9.64 Å². The van der Waals surface area contributed by atoms with E-state index in [0.717, 1.165) is 32.4 Å². The van der Waals surface area contributed by atoms with Gasteiger partial charge in [-0.15, -0.1) is 0 Å². The van der Waals surface area contributed by atoms with Crippen molar-refractivity contribution in [3.05, 3.63) is 96.1 Å². The molecule has 3 aromatic rings. The Morgan fingerprint density at radius 1 is 0.711 bits per heavy atom. The normalized spacial score (nSPS) is 17.4. The predicted octanol–water partition coefficient (Wildman–Crippen LogP) is 4.17. The van der Waals surface area contributed by atoms with Gasteiger partial charge in [-0.25, -0.2) is 8.42 Å². The van der Waals surface area contributed by atoms with Crippen molar-refractivity contribution in [2.75, 3.05) is 45.9 Å². The molecule has 2 fully saturated rings. The van der Waals surface area contributed by atoms with Crippen molar-refractivity contribution in [3.8, 4) is 5.75 Å². The van der Waals surface area contributed by atoms with Crippen LogP contribution in [0.3, 0.4) is 0 Å². The number of piperazine rings is 1. The molecule has 1 amide bonds. The number of ether oxygens (including phenoxy) is 1. The van der Waals surface area contributed by atoms with E-state index in [2.05, 4.69) is 53.4 Å². The molecule has 0 N–H and O–H groups in total. The summed E-state index contributed by atoms with van der Waals surface area (Å²) < 4.78 is 33.0. The van der Waals surface area contributed by atoms with Crippen LogP contribution in [0.4, 0.5) is 0 Å². The van der Waals surface area contributed by atoms with Crippen LogP contribution >= 0.6 is 0 Å². The molecule has 0 bridgehead atoms. The van der Waals surface area contributed by atoms with Crippen LogP contribution in [0.5, 0.6) is 5.75 Å². The lowest BCUT2D eigenvalue weighted by molar-refractivity contribution is -0.135. The number of sulfonamides is 1. The van der Waals surface area contributed by atoms with Crippen LogP contribution in [0.2, 0.25) is 0 Å². The Hall–Kier alpha value is -3.20. The number of benzene rings is 3. The van der Waals surface area contributed by atoms with Crippen LogP contribution in [0, 0.1) is 0 Å². The molecule has 0 aromatic heterocycles. The monoisotopic (exact) mass is 533 g/mol. The van der Waals surface area contributed by atoms with Gasteiger partial charge >= 0.3 is 0 Å². The van der Waals surface area contributed by atoms with Crippen LogP contribution in [-0.4, -0.2) is 74.3 Å². The maximum atomic E-state index is 12.9. The highest BCUT2D eigenvalue weighted by molar-refractivity contribution is 7.89. The molecule has 8 heteroatoms. The Labute approximate surface area is 225 Å². The van der Waals surface area contributed by atoms with Gasteiger partial charge in [-0.1, -0.05) is 67.1 Å². The first-order chi connectivity index (χ1) is 18.5. The van der Waals surface area contributed by atoms with Crippen LogP contribution in [0.15, 0.2) is 89.8 Å². The van der Waals surface area contributed by atoms with Crippen molar-refractivity contribution in [1.82, 2.24) is 14.1 Å². The molecule has 0 atom stereocenters. The summed E-state index contributed by atoms with van der Waals surface area (Å²) in [5.41, 5.74) is 2.49. The largest absolute Gasteiger partial charge is 0.484 e. The van der Waals surface area contributed by atoms with E-state index in [4.69, 9.17) is 4.74 Å². The Morgan fingerprint density at radius 3 is 1.82 bits per heavy atom. The SMILES string of the molecule is O=C(COc1ccc(S(=O)(=O)N2CCCCC2)cc1)N1CCN(C(c2ccccc2)c2ccccc2)CC1. The number of amides is 1. The van der Waals surface area contributed by atoms with Crippen molar-refractivity contribution in [1.29, 1.82) is 0 Å². The Balaban J connectivity index is 1.15. The zero-order chi connectivity index (χ0) is 26.4. The third-order valence-corrected chi connectivity index (χ3v) is 9.31. The molecule has 2 heterocycles. The van der Waals surface area contributed by atoms with Gasteiger partial charge in [-0.3, -0.25) is 9.69 Å². The summed E-state index contributed by atoms with van der Waals surface area (Å²) in [6, 6.07) is 27.5. The summed E-state index contributed by atoms with van der Waals surface area (Å²) in [6.45, 7) is 3.86. The van der Waals surface area contributed by atoms with Gasteiger partial charge in [-0.2, -0.15) is 4.31 Å². The highest BCUT2D eigenvalue weighted by Crippen LogP contribution is 2.29. The van der Waals surface area contributed by atoms with Crippen LogP contribution in [0.25, 0.3) is 0 Å². The third-order valence-electron chi connectivity index (χ3n) is 7.40. The second kappa shape index (κ2) is 12.1. The van der Waals surface area contributed by atoms with E-state index in [0.29, 0.717) is 31.9 Å². The summed E-state index contributed by atoms with van der Waals surface area (Å²) in [7, 11) is -3.48. The summed E-state index contributed by atoms with van der Waals surface area (Å²) in [6.07, 6.45) is 2.87. The predicted molar refractivity (Wildman–Crippen MR) is 147 cm³/mol. The Bertz CT molecular complexity index is 1250. The summed E-state index contributed by atoms with van der Waals surface area (Å²) >= 11 is 0. The standard InChI is InChI=1S/C30H35N3O4S/c34-29(24-37-27-14-16-28(17-15-27)38(35,36)33-18-8-3-9-19-33)31-20-22-32(23-21-31)30(25-10-4-1-5-11-25)26-12-6-2-7-13-26/h1-2,4-7,10-17,30H,3,8-9,18-24H2. The molecule has 38 heavy (non-hydrogen) atoms. The second-order valence-corrected chi connectivity index (χ2v) is 11.8. The summed E-state index contributed by atoms with van der Waals surface area (Å²) in [4.78, 5) is 17.4. The van der Waals surface area contributed by atoms with Gasteiger partial charge in [0.25, 0.3) is 5.91 Å². The summed E-state index contributed by atoms with van der Waals surface area (Å²) in [5, 5.41) is 0. The van der Waals surface area contributed by atoms with Crippen molar-refractivity contribution >= 4 is 15.9 Å². The molecule has 7 nitrogen and oxygen atoms in total.